The van der Waals surface area contributed by atoms with Crippen LogP contribution in [0.5, 0.6) is 0 Å². The van der Waals surface area contributed by atoms with Crippen molar-refractivity contribution < 1.29 is 13.3 Å². The molecule has 9 heteroatoms. The highest BCUT2D eigenvalue weighted by Crippen LogP contribution is 2.46. The first kappa shape index (κ1) is 76.6. The Morgan fingerprint density at radius 1 is 0.152 bits per heavy atom. The Balaban J connectivity index is 0.000000106. The van der Waals surface area contributed by atoms with Crippen molar-refractivity contribution in [2.45, 2.75) is 0 Å². The van der Waals surface area contributed by atoms with Crippen molar-refractivity contribution in [1.29, 1.82) is 0 Å². The van der Waals surface area contributed by atoms with Crippen LogP contribution in [0.3, 0.4) is 0 Å². The highest BCUT2D eigenvalue weighted by molar-refractivity contribution is 6.26. The first-order chi connectivity index (χ1) is 65.4. The molecule has 0 amide bonds. The third-order valence-electron chi connectivity index (χ3n) is 25.8. The molecule has 0 atom stereocenters. The normalized spacial score (nSPS) is 11.6. The van der Waals surface area contributed by atoms with E-state index in [1.807, 2.05) is 84.9 Å². The molecule has 27 aromatic rings. The van der Waals surface area contributed by atoms with E-state index in [1.165, 1.54) is 110 Å². The van der Waals surface area contributed by atoms with Crippen LogP contribution in [0, 0.1) is 0 Å². The van der Waals surface area contributed by atoms with Crippen LogP contribution in [-0.2, 0) is 0 Å². The van der Waals surface area contributed by atoms with Crippen molar-refractivity contribution in [3.8, 4) is 118 Å². The van der Waals surface area contributed by atoms with Gasteiger partial charge < -0.3 is 27.0 Å². The van der Waals surface area contributed by atoms with Gasteiger partial charge in [0.1, 0.15) is 33.5 Å². The van der Waals surface area contributed by atoms with Gasteiger partial charge in [0.05, 0.1) is 43.9 Å². The number of nitrogens with zero attached hydrogens (tertiary/aromatic N) is 6. The van der Waals surface area contributed by atoms with Crippen molar-refractivity contribution in [3.63, 3.8) is 0 Å². The average molecular weight is 1690 g/mol. The minimum atomic E-state index is 0.635. The number of aromatic nitrogens is 6. The summed E-state index contributed by atoms with van der Waals surface area (Å²) in [6.07, 6.45) is 0. The van der Waals surface area contributed by atoms with Crippen molar-refractivity contribution >= 4 is 131 Å². The molecule has 0 bridgehead atoms. The molecule has 0 aliphatic carbocycles. The molecule has 0 unspecified atom stereocenters. The second-order valence-electron chi connectivity index (χ2n) is 33.6. The Kier molecular flexibility index (Phi) is 18.7. The Morgan fingerprint density at radius 3 is 0.939 bits per heavy atom. The van der Waals surface area contributed by atoms with Crippen molar-refractivity contribution in [2.75, 3.05) is 0 Å². The maximum absolute atomic E-state index is 6.48. The van der Waals surface area contributed by atoms with Crippen molar-refractivity contribution in [1.82, 2.24) is 28.7 Å². The van der Waals surface area contributed by atoms with E-state index in [0.29, 0.717) is 17.5 Å². The lowest BCUT2D eigenvalue weighted by atomic mass is 9.93. The second-order valence-corrected chi connectivity index (χ2v) is 33.6. The highest BCUT2D eigenvalue weighted by atomic mass is 16.3. The van der Waals surface area contributed by atoms with Gasteiger partial charge >= 0.3 is 0 Å². The van der Waals surface area contributed by atoms with Gasteiger partial charge in [-0.2, -0.15) is 0 Å². The van der Waals surface area contributed by atoms with Crippen LogP contribution >= 0.6 is 0 Å². The molecule has 0 spiro atoms. The molecule has 0 saturated heterocycles. The Morgan fingerprint density at radius 2 is 0.470 bits per heavy atom. The molecule has 27 rings (SSSR count). The number of rotatable bonds is 12. The third-order valence-corrected chi connectivity index (χ3v) is 25.8. The zero-order chi connectivity index (χ0) is 87.1. The van der Waals surface area contributed by atoms with Crippen LogP contribution in [0.25, 0.3) is 249 Å². The van der Waals surface area contributed by atoms with Gasteiger partial charge in [-0.05, 0) is 218 Å². The number of benzene rings is 20. The highest BCUT2D eigenvalue weighted by Gasteiger charge is 2.24. The summed E-state index contributed by atoms with van der Waals surface area (Å²) in [5.74, 6) is 1.93. The van der Waals surface area contributed by atoms with Crippen LogP contribution in [0.4, 0.5) is 0 Å². The van der Waals surface area contributed by atoms with E-state index in [4.69, 9.17) is 28.2 Å². The number of furan rings is 3. The average Bonchev–Trinajstić information content (AvgIpc) is 1.57. The lowest BCUT2D eigenvalue weighted by molar-refractivity contribution is 0.669. The Hall–Kier alpha value is -17.8. The summed E-state index contributed by atoms with van der Waals surface area (Å²) in [6, 6.07) is 167. The van der Waals surface area contributed by atoms with Gasteiger partial charge in [-0.15, -0.1) is 0 Å². The van der Waals surface area contributed by atoms with Gasteiger partial charge in [0.15, 0.2) is 17.5 Å². The lowest BCUT2D eigenvalue weighted by Crippen LogP contribution is -2.00. The van der Waals surface area contributed by atoms with E-state index in [2.05, 4.69) is 402 Å². The van der Waals surface area contributed by atoms with Crippen LogP contribution in [-0.4, -0.2) is 28.7 Å². The largest absolute Gasteiger partial charge is 0.456 e. The Bertz CT molecular complexity index is 8720. The van der Waals surface area contributed by atoms with Gasteiger partial charge in [0.25, 0.3) is 0 Å². The summed E-state index contributed by atoms with van der Waals surface area (Å²) in [7, 11) is 0. The molecular formula is C123H78N6O3. The van der Waals surface area contributed by atoms with Crippen molar-refractivity contribution in [3.05, 3.63) is 473 Å². The summed E-state index contributed by atoms with van der Waals surface area (Å²) < 4.78 is 26.1. The summed E-state index contributed by atoms with van der Waals surface area (Å²) >= 11 is 0. The van der Waals surface area contributed by atoms with Gasteiger partial charge in [0, 0.05) is 93.7 Å². The smallest absolute Gasteiger partial charge is 0.164 e. The van der Waals surface area contributed by atoms with Crippen molar-refractivity contribution in [2.24, 2.45) is 0 Å². The standard InChI is InChI=1S/2C42H27NO.C39H24N4O/c1-3-11-28(12-4-1)31-25-32(29-13-5-2-6-14-29)27-33(26-31)30-19-21-34(22-20-30)43-38-17-9-7-16-37(38)41-39(43)24-23-36-35-15-8-10-18-40(35)44-42(36)41;1-3-11-28(12-4-1)31-25-32(29-13-5-2-6-14-29)27-33(26-31)30-19-21-34(22-20-30)43-38-17-9-7-15-35(38)36-23-24-40-41(42(36)43)37-16-8-10-18-39(37)44-40;1-3-11-25(12-4-1)37-40-38(26-13-5-2-6-14-26)42-39(41-37)27-19-21-28(22-20-27)43-33-17-9-7-15-29(33)31-23-32-30-16-8-10-18-35(30)44-36(32)24-34(31)43/h2*1-27H;1-24H. The topological polar surface area (TPSA) is 92.9 Å². The first-order valence-electron chi connectivity index (χ1n) is 44.7. The molecule has 618 valence electrons. The summed E-state index contributed by atoms with van der Waals surface area (Å²) in [5, 5.41) is 14.1. The van der Waals surface area contributed by atoms with E-state index in [0.717, 1.165) is 122 Å². The predicted octanol–water partition coefficient (Wildman–Crippen LogP) is 33.2. The minimum absolute atomic E-state index is 0.635. The third kappa shape index (κ3) is 13.5. The summed E-state index contributed by atoms with van der Waals surface area (Å²) in [4.78, 5) is 14.6. The number of fused-ring (bicyclic) bond motifs is 20. The summed E-state index contributed by atoms with van der Waals surface area (Å²) in [5.41, 5.74) is 33.0. The first-order valence-corrected chi connectivity index (χ1v) is 44.7. The van der Waals surface area contributed by atoms with Gasteiger partial charge in [-0.1, -0.05) is 315 Å². The van der Waals surface area contributed by atoms with Crippen LogP contribution < -0.4 is 0 Å². The maximum Gasteiger partial charge on any atom is 0.164 e. The van der Waals surface area contributed by atoms with E-state index >= 15 is 0 Å². The molecule has 7 heterocycles. The summed E-state index contributed by atoms with van der Waals surface area (Å²) in [6.45, 7) is 0. The fourth-order valence-corrected chi connectivity index (χ4v) is 19.6. The van der Waals surface area contributed by atoms with Crippen LogP contribution in [0.15, 0.2) is 486 Å². The molecule has 7 aromatic heterocycles. The fraction of sp³-hybridized carbons (Fsp3) is 0. The molecular weight excluding hydrogens is 1610 g/mol. The Labute approximate surface area is 759 Å². The molecule has 0 aliphatic rings. The SMILES string of the molecule is c1ccc(-c2cc(-c3ccccc3)cc(-c3ccc(-n4c5ccccc5c5c6oc7ccccc7c6ccc54)cc3)c2)cc1.c1ccc(-c2cc(-c3ccccc3)cc(-c3ccc(-n4c5ccccc5c5ccc6oc7ccccc7c6c54)cc3)c2)cc1.c1ccc(-c2nc(-c3ccccc3)nc(-c3ccc(-n4c5ccccc5c5cc6c(cc54)oc4ccccc46)cc3)n2)cc1. The molecule has 9 nitrogen and oxygen atoms in total. The molecule has 20 aromatic carbocycles. The molecule has 0 aliphatic heterocycles. The lowest BCUT2D eigenvalue weighted by Gasteiger charge is -2.13. The zero-order valence-corrected chi connectivity index (χ0v) is 71.4. The van der Waals surface area contributed by atoms with Gasteiger partial charge in [-0.3, -0.25) is 0 Å². The van der Waals surface area contributed by atoms with E-state index in [-0.39, 0.29) is 0 Å². The minimum Gasteiger partial charge on any atom is -0.456 e. The zero-order valence-electron chi connectivity index (χ0n) is 71.4. The van der Waals surface area contributed by atoms with Gasteiger partial charge in [-0.25, -0.2) is 15.0 Å². The quantitative estimate of drug-likeness (QED) is 0.121. The van der Waals surface area contributed by atoms with Crippen LogP contribution in [0.2, 0.25) is 0 Å². The van der Waals surface area contributed by atoms with E-state index in [9.17, 15) is 0 Å². The molecule has 0 saturated carbocycles. The molecule has 0 radical (unpaired) electrons. The fourth-order valence-electron chi connectivity index (χ4n) is 19.6. The predicted molar refractivity (Wildman–Crippen MR) is 546 cm³/mol. The molecule has 0 fully saturated rings. The maximum atomic E-state index is 6.48. The van der Waals surface area contributed by atoms with E-state index in [1.54, 1.807) is 0 Å². The molecule has 0 N–H and O–H groups in total. The number of hydrogen-bond acceptors (Lipinski definition) is 6. The number of hydrogen-bond donors (Lipinski definition) is 0. The number of para-hydroxylation sites is 6. The van der Waals surface area contributed by atoms with Gasteiger partial charge in [0.2, 0.25) is 0 Å². The van der Waals surface area contributed by atoms with E-state index < -0.39 is 0 Å². The molecule has 132 heavy (non-hydrogen) atoms. The second kappa shape index (κ2) is 32.3. The monoisotopic (exact) mass is 1690 g/mol. The van der Waals surface area contributed by atoms with Crippen LogP contribution in [0.1, 0.15) is 0 Å².